The summed E-state index contributed by atoms with van der Waals surface area (Å²) in [5.41, 5.74) is 2.35. The molecule has 35 heavy (non-hydrogen) atoms. The third-order valence-corrected chi connectivity index (χ3v) is 7.01. The molecule has 1 atom stereocenters. The number of rotatable bonds is 8. The topological polar surface area (TPSA) is 91.2 Å². The maximum Gasteiger partial charge on any atom is 0.295 e. The fraction of sp³-hybridized carbons (Fsp3) is 0.280. The van der Waals surface area contributed by atoms with Crippen molar-refractivity contribution in [3.63, 3.8) is 0 Å². The molecule has 0 spiro atoms. The summed E-state index contributed by atoms with van der Waals surface area (Å²) in [4.78, 5) is 27.2. The molecule has 2 heterocycles. The van der Waals surface area contributed by atoms with Gasteiger partial charge in [0.15, 0.2) is 11.0 Å². The molecule has 0 fully saturated rings. The molecule has 0 aliphatic heterocycles. The van der Waals surface area contributed by atoms with Gasteiger partial charge < -0.3 is 10.2 Å². The highest BCUT2D eigenvalue weighted by molar-refractivity contribution is 7.99. The quantitative estimate of drug-likeness (QED) is 0.367. The first-order valence-corrected chi connectivity index (χ1v) is 12.4. The highest BCUT2D eigenvalue weighted by Crippen LogP contribution is 2.24. The van der Waals surface area contributed by atoms with E-state index in [1.165, 1.54) is 16.7 Å². The van der Waals surface area contributed by atoms with Gasteiger partial charge in [0, 0.05) is 12.7 Å². The fourth-order valence-corrected chi connectivity index (χ4v) is 4.51. The molecule has 0 bridgehead atoms. The smallest absolute Gasteiger partial charge is 0.295 e. The first-order valence-electron chi connectivity index (χ1n) is 11.4. The first-order chi connectivity index (χ1) is 16.8. The molecule has 0 aliphatic rings. The maximum atomic E-state index is 13.1. The lowest BCUT2D eigenvalue weighted by Crippen LogP contribution is -3.05. The van der Waals surface area contributed by atoms with E-state index in [0.29, 0.717) is 10.9 Å². The lowest BCUT2D eigenvalue weighted by atomic mass is 10.2. The third-order valence-electron chi connectivity index (χ3n) is 6.08. The molecule has 4 aromatic rings. The van der Waals surface area contributed by atoms with Crippen LogP contribution >= 0.6 is 11.8 Å². The van der Waals surface area contributed by atoms with Gasteiger partial charge in [-0.25, -0.2) is 4.68 Å². The van der Waals surface area contributed by atoms with Crippen LogP contribution in [0.3, 0.4) is 0 Å². The molecule has 2 aromatic carbocycles. The molecule has 10 heteroatoms. The standard InChI is InChI=1S/C25H29N7O2S/c1-17-22(24(34)32(30(17)5)20-14-10-7-11-15-20)26-21(33)16-35-25-28-27-23(18(2)29(3)4)31(25)19-12-8-6-9-13-19/h6-15,18H,16H2,1-5H3,(H,26,33)/p+1/t18-/m0/s1. The molecule has 2 aromatic heterocycles. The number of nitrogens with one attached hydrogen (secondary N) is 2. The number of carbonyl (C=O) groups excluding carboxylic acids is 1. The summed E-state index contributed by atoms with van der Waals surface area (Å²) in [5.74, 6) is 0.632. The molecular weight excluding hydrogens is 462 g/mol. The number of carbonyl (C=O) groups is 1. The van der Waals surface area contributed by atoms with E-state index in [2.05, 4.69) is 36.5 Å². The summed E-state index contributed by atoms with van der Waals surface area (Å²) < 4.78 is 5.27. The van der Waals surface area contributed by atoms with Gasteiger partial charge >= 0.3 is 0 Å². The van der Waals surface area contributed by atoms with Crippen LogP contribution in [0.15, 0.2) is 70.6 Å². The Kier molecular flexibility index (Phi) is 7.23. The maximum absolute atomic E-state index is 13.1. The van der Waals surface area contributed by atoms with Gasteiger partial charge in [-0.1, -0.05) is 48.2 Å². The Morgan fingerprint density at radius 2 is 1.63 bits per heavy atom. The molecule has 0 radical (unpaired) electrons. The van der Waals surface area contributed by atoms with E-state index in [0.717, 1.165) is 17.2 Å². The number of quaternary nitrogens is 1. The van der Waals surface area contributed by atoms with Gasteiger partial charge in [-0.2, -0.15) is 0 Å². The van der Waals surface area contributed by atoms with E-state index < -0.39 is 0 Å². The number of para-hydroxylation sites is 2. The summed E-state index contributed by atoms with van der Waals surface area (Å²) >= 11 is 1.29. The Balaban J connectivity index is 1.56. The molecule has 1 amide bonds. The van der Waals surface area contributed by atoms with Crippen LogP contribution < -0.4 is 15.8 Å². The Morgan fingerprint density at radius 3 is 2.23 bits per heavy atom. The van der Waals surface area contributed by atoms with Crippen molar-refractivity contribution in [2.45, 2.75) is 25.0 Å². The van der Waals surface area contributed by atoms with Crippen LogP contribution in [0.2, 0.25) is 0 Å². The second-order valence-corrected chi connectivity index (χ2v) is 9.53. The van der Waals surface area contributed by atoms with Crippen LogP contribution in [-0.4, -0.2) is 49.9 Å². The first kappa shape index (κ1) is 24.5. The number of thioether (sulfide) groups is 1. The van der Waals surface area contributed by atoms with Gasteiger partial charge in [0.1, 0.15) is 11.7 Å². The summed E-state index contributed by atoms with van der Waals surface area (Å²) in [7, 11) is 5.94. The van der Waals surface area contributed by atoms with Crippen molar-refractivity contribution in [2.24, 2.45) is 7.05 Å². The zero-order chi connectivity index (χ0) is 25.1. The second kappa shape index (κ2) is 10.3. The summed E-state index contributed by atoms with van der Waals surface area (Å²) in [6.07, 6.45) is 0. The van der Waals surface area contributed by atoms with E-state index in [9.17, 15) is 9.59 Å². The van der Waals surface area contributed by atoms with Gasteiger partial charge in [0.05, 0.1) is 31.2 Å². The summed E-state index contributed by atoms with van der Waals surface area (Å²) in [6.45, 7) is 3.91. The predicted octanol–water partition coefficient (Wildman–Crippen LogP) is 2.00. The Labute approximate surface area is 208 Å². The number of hydrogen-bond donors (Lipinski definition) is 2. The van der Waals surface area contributed by atoms with Crippen molar-refractivity contribution < 1.29 is 9.69 Å². The van der Waals surface area contributed by atoms with Crippen molar-refractivity contribution in [1.29, 1.82) is 0 Å². The van der Waals surface area contributed by atoms with Crippen LogP contribution in [-0.2, 0) is 11.8 Å². The molecule has 4 rings (SSSR count). The molecule has 9 nitrogen and oxygen atoms in total. The van der Waals surface area contributed by atoms with Crippen LogP contribution in [0.1, 0.15) is 24.5 Å². The van der Waals surface area contributed by atoms with Crippen molar-refractivity contribution >= 4 is 23.4 Å². The minimum Gasteiger partial charge on any atom is -0.331 e. The summed E-state index contributed by atoms with van der Waals surface area (Å²) in [6, 6.07) is 19.3. The van der Waals surface area contributed by atoms with E-state index in [1.54, 1.807) is 16.4 Å². The average Bonchev–Trinajstić information content (AvgIpc) is 3.38. The van der Waals surface area contributed by atoms with Gasteiger partial charge in [0.25, 0.3) is 5.56 Å². The number of aromatic nitrogens is 5. The minimum atomic E-state index is -0.281. The molecule has 0 aliphatic carbocycles. The summed E-state index contributed by atoms with van der Waals surface area (Å²) in [5, 5.41) is 12.3. The van der Waals surface area contributed by atoms with Gasteiger partial charge in [-0.15, -0.1) is 10.2 Å². The van der Waals surface area contributed by atoms with Crippen LogP contribution in [0.4, 0.5) is 5.69 Å². The zero-order valence-corrected chi connectivity index (χ0v) is 21.3. The third kappa shape index (κ3) is 4.94. The normalized spacial score (nSPS) is 12.2. The van der Waals surface area contributed by atoms with Crippen molar-refractivity contribution in [3.05, 3.63) is 82.5 Å². The number of nitrogens with zero attached hydrogens (tertiary/aromatic N) is 5. The number of benzene rings is 2. The molecular formula is C25H30N7O2S+. The van der Waals surface area contributed by atoms with E-state index in [1.807, 2.05) is 72.2 Å². The Bertz CT molecular complexity index is 1370. The van der Waals surface area contributed by atoms with E-state index >= 15 is 0 Å². The molecule has 0 saturated heterocycles. The van der Waals surface area contributed by atoms with Gasteiger partial charge in [-0.3, -0.25) is 18.8 Å². The number of hydrogen-bond acceptors (Lipinski definition) is 5. The van der Waals surface area contributed by atoms with E-state index in [-0.39, 0.29) is 28.9 Å². The monoisotopic (exact) mass is 492 g/mol. The van der Waals surface area contributed by atoms with Crippen molar-refractivity contribution in [3.8, 4) is 11.4 Å². The van der Waals surface area contributed by atoms with Crippen LogP contribution in [0, 0.1) is 6.92 Å². The van der Waals surface area contributed by atoms with Gasteiger partial charge in [-0.05, 0) is 38.1 Å². The molecule has 0 saturated carbocycles. The number of amides is 1. The predicted molar refractivity (Wildman–Crippen MR) is 138 cm³/mol. The molecule has 2 N–H and O–H groups in total. The number of anilines is 1. The highest BCUT2D eigenvalue weighted by Gasteiger charge is 2.24. The lowest BCUT2D eigenvalue weighted by Gasteiger charge is -2.18. The van der Waals surface area contributed by atoms with Crippen molar-refractivity contribution in [2.75, 3.05) is 25.2 Å². The largest absolute Gasteiger partial charge is 0.331 e. The SMILES string of the molecule is Cc1c(NC(=O)CSc2nnc([C@H](C)[NH+](C)C)n2-c2ccccc2)c(=O)n(-c2ccccc2)n1C. The lowest BCUT2D eigenvalue weighted by molar-refractivity contribution is -0.890. The average molecular weight is 493 g/mol. The Morgan fingerprint density at radius 1 is 1.03 bits per heavy atom. The van der Waals surface area contributed by atoms with Crippen molar-refractivity contribution in [1.82, 2.24) is 24.1 Å². The second-order valence-electron chi connectivity index (χ2n) is 8.58. The highest BCUT2D eigenvalue weighted by atomic mass is 32.2. The van der Waals surface area contributed by atoms with E-state index in [4.69, 9.17) is 0 Å². The fourth-order valence-electron chi connectivity index (χ4n) is 3.75. The zero-order valence-electron chi connectivity index (χ0n) is 20.5. The molecule has 0 unspecified atom stereocenters. The minimum absolute atomic E-state index is 0.0906. The van der Waals surface area contributed by atoms with Crippen LogP contribution in [0.25, 0.3) is 11.4 Å². The molecule has 182 valence electrons. The van der Waals surface area contributed by atoms with Gasteiger partial charge in [0.2, 0.25) is 5.91 Å². The van der Waals surface area contributed by atoms with Crippen LogP contribution in [0.5, 0.6) is 0 Å². The Hall–Kier alpha value is -3.63.